The van der Waals surface area contributed by atoms with Crippen molar-refractivity contribution in [1.29, 1.82) is 0 Å². The van der Waals surface area contributed by atoms with E-state index in [9.17, 15) is 4.79 Å². The smallest absolute Gasteiger partial charge is 0.255 e. The third kappa shape index (κ3) is 5.48. The lowest BCUT2D eigenvalue weighted by Crippen LogP contribution is -2.44. The Bertz CT molecular complexity index is 1040. The van der Waals surface area contributed by atoms with Gasteiger partial charge in [-0.2, -0.15) is 0 Å². The number of nitrogens with one attached hydrogen (secondary N) is 2. The van der Waals surface area contributed by atoms with Gasteiger partial charge in [0.2, 0.25) is 0 Å². The monoisotopic (exact) mass is 428 g/mol. The molecule has 1 saturated heterocycles. The van der Waals surface area contributed by atoms with Crippen LogP contribution in [-0.2, 0) is 13.0 Å². The Hall–Kier alpha value is -3.31. The van der Waals surface area contributed by atoms with Crippen LogP contribution in [0.2, 0.25) is 0 Å². The van der Waals surface area contributed by atoms with E-state index in [0.29, 0.717) is 12.1 Å². The number of aryl methyl sites for hydroxylation is 1. The predicted molar refractivity (Wildman–Crippen MR) is 134 cm³/mol. The highest BCUT2D eigenvalue weighted by molar-refractivity contribution is 6.04. The third-order valence-corrected chi connectivity index (χ3v) is 6.06. The van der Waals surface area contributed by atoms with Crippen LogP contribution in [0.5, 0.6) is 0 Å². The number of carbonyl (C=O) groups is 1. The summed E-state index contributed by atoms with van der Waals surface area (Å²) in [5.41, 5.74) is 6.20. The van der Waals surface area contributed by atoms with Crippen LogP contribution in [0, 0.1) is 0 Å². The molecule has 4 rings (SSSR count). The van der Waals surface area contributed by atoms with Crippen molar-refractivity contribution in [3.05, 3.63) is 89.5 Å². The highest BCUT2D eigenvalue weighted by Gasteiger charge is 2.14. The van der Waals surface area contributed by atoms with Gasteiger partial charge >= 0.3 is 0 Å². The molecule has 0 radical (unpaired) electrons. The predicted octanol–water partition coefficient (Wildman–Crippen LogP) is 4.87. The molecule has 1 amide bonds. The first kappa shape index (κ1) is 21.9. The Morgan fingerprint density at radius 1 is 0.906 bits per heavy atom. The molecule has 3 aromatic carbocycles. The van der Waals surface area contributed by atoms with Crippen molar-refractivity contribution >= 4 is 23.0 Å². The molecule has 0 unspecified atom stereocenters. The molecule has 5 heteroatoms. The maximum absolute atomic E-state index is 12.8. The molecule has 3 aromatic rings. The number of benzene rings is 3. The second kappa shape index (κ2) is 10.3. The lowest BCUT2D eigenvalue weighted by molar-refractivity contribution is 0.102. The molecule has 1 aliphatic heterocycles. The molecule has 5 nitrogen and oxygen atoms in total. The SMILES string of the molecule is CCc1ccccc1NCc1cccc(C(=O)Nc2ccc(N3CCN(C)CC3)cc2)c1. The molecule has 166 valence electrons. The number of para-hydroxylation sites is 1. The van der Waals surface area contributed by atoms with E-state index in [4.69, 9.17) is 0 Å². The van der Waals surface area contributed by atoms with Crippen molar-refractivity contribution < 1.29 is 4.79 Å². The third-order valence-electron chi connectivity index (χ3n) is 6.06. The van der Waals surface area contributed by atoms with Crippen LogP contribution in [0.4, 0.5) is 17.1 Å². The van der Waals surface area contributed by atoms with E-state index < -0.39 is 0 Å². The Labute approximate surface area is 191 Å². The molecule has 1 aliphatic rings. The fraction of sp³-hybridized carbons (Fsp3) is 0.296. The van der Waals surface area contributed by atoms with Gasteiger partial charge in [0, 0.05) is 55.3 Å². The number of anilines is 3. The van der Waals surface area contributed by atoms with Crippen LogP contribution >= 0.6 is 0 Å². The molecule has 2 N–H and O–H groups in total. The van der Waals surface area contributed by atoms with Crippen molar-refractivity contribution in [3.63, 3.8) is 0 Å². The van der Waals surface area contributed by atoms with Gasteiger partial charge in [-0.05, 0) is 67.1 Å². The quantitative estimate of drug-likeness (QED) is 0.564. The zero-order chi connectivity index (χ0) is 22.3. The maximum atomic E-state index is 12.8. The van der Waals surface area contributed by atoms with Gasteiger partial charge in [-0.25, -0.2) is 0 Å². The average Bonchev–Trinajstić information content (AvgIpc) is 2.84. The second-order valence-electron chi connectivity index (χ2n) is 8.36. The largest absolute Gasteiger partial charge is 0.381 e. The molecule has 32 heavy (non-hydrogen) atoms. The molecule has 0 aliphatic carbocycles. The summed E-state index contributed by atoms with van der Waals surface area (Å²) in [6, 6.07) is 24.3. The van der Waals surface area contributed by atoms with Crippen LogP contribution in [0.25, 0.3) is 0 Å². The minimum Gasteiger partial charge on any atom is -0.381 e. The standard InChI is InChI=1S/C27H32N4O/c1-3-22-8-4-5-10-26(22)28-20-21-7-6-9-23(19-21)27(32)29-24-11-13-25(14-12-24)31-17-15-30(2)16-18-31/h4-14,19,28H,3,15-18,20H2,1-2H3,(H,29,32). The number of likely N-dealkylation sites (N-methyl/N-ethyl adjacent to an activating group) is 1. The molecule has 0 bridgehead atoms. The fourth-order valence-corrected chi connectivity index (χ4v) is 4.04. The molecule has 0 aromatic heterocycles. The molecule has 0 atom stereocenters. The van der Waals surface area contributed by atoms with Gasteiger partial charge in [0.15, 0.2) is 0 Å². The van der Waals surface area contributed by atoms with Crippen LogP contribution < -0.4 is 15.5 Å². The summed E-state index contributed by atoms with van der Waals surface area (Å²) in [7, 11) is 2.16. The van der Waals surface area contributed by atoms with Gasteiger partial charge in [0.25, 0.3) is 5.91 Å². The van der Waals surface area contributed by atoms with Crippen molar-refractivity contribution in [2.75, 3.05) is 48.8 Å². The first-order valence-corrected chi connectivity index (χ1v) is 11.4. The van der Waals surface area contributed by atoms with Crippen molar-refractivity contribution in [2.24, 2.45) is 0 Å². The van der Waals surface area contributed by atoms with Gasteiger partial charge in [0.05, 0.1) is 0 Å². The van der Waals surface area contributed by atoms with E-state index in [0.717, 1.165) is 49.5 Å². The first-order chi connectivity index (χ1) is 15.6. The molecular formula is C27H32N4O. The topological polar surface area (TPSA) is 47.6 Å². The normalized spacial score (nSPS) is 14.2. The van der Waals surface area contributed by atoms with Gasteiger partial charge in [-0.15, -0.1) is 0 Å². The second-order valence-corrected chi connectivity index (χ2v) is 8.36. The minimum atomic E-state index is -0.0897. The summed E-state index contributed by atoms with van der Waals surface area (Å²) < 4.78 is 0. The number of piperazine rings is 1. The fourth-order valence-electron chi connectivity index (χ4n) is 4.04. The highest BCUT2D eigenvalue weighted by atomic mass is 16.1. The molecule has 0 saturated carbocycles. The van der Waals surface area contributed by atoms with Crippen molar-refractivity contribution in [1.82, 2.24) is 4.90 Å². The Morgan fingerprint density at radius 3 is 2.41 bits per heavy atom. The summed E-state index contributed by atoms with van der Waals surface area (Å²) >= 11 is 0. The van der Waals surface area contributed by atoms with Crippen LogP contribution in [0.1, 0.15) is 28.4 Å². The van der Waals surface area contributed by atoms with Crippen molar-refractivity contribution in [3.8, 4) is 0 Å². The average molecular weight is 429 g/mol. The van der Waals surface area contributed by atoms with Crippen LogP contribution in [0.3, 0.4) is 0 Å². The van der Waals surface area contributed by atoms with Crippen LogP contribution in [-0.4, -0.2) is 44.0 Å². The summed E-state index contributed by atoms with van der Waals surface area (Å²) in [6.07, 6.45) is 0.985. The Balaban J connectivity index is 1.36. The highest BCUT2D eigenvalue weighted by Crippen LogP contribution is 2.20. The zero-order valence-corrected chi connectivity index (χ0v) is 19.0. The minimum absolute atomic E-state index is 0.0897. The number of amides is 1. The van der Waals surface area contributed by atoms with E-state index >= 15 is 0 Å². The van der Waals surface area contributed by atoms with Gasteiger partial charge in [-0.1, -0.05) is 37.3 Å². The van der Waals surface area contributed by atoms with E-state index in [2.05, 4.69) is 64.7 Å². The number of hydrogen-bond acceptors (Lipinski definition) is 4. The maximum Gasteiger partial charge on any atom is 0.255 e. The lowest BCUT2D eigenvalue weighted by atomic mass is 10.1. The Kier molecular flexibility index (Phi) is 7.07. The van der Waals surface area contributed by atoms with E-state index in [-0.39, 0.29) is 5.91 Å². The van der Waals surface area contributed by atoms with E-state index in [1.807, 2.05) is 42.5 Å². The summed E-state index contributed by atoms with van der Waals surface area (Å²) in [5.74, 6) is -0.0897. The molecule has 1 fully saturated rings. The van der Waals surface area contributed by atoms with E-state index in [1.165, 1.54) is 11.3 Å². The Morgan fingerprint density at radius 2 is 1.66 bits per heavy atom. The number of rotatable bonds is 7. The number of nitrogens with zero attached hydrogens (tertiary/aromatic N) is 2. The first-order valence-electron chi connectivity index (χ1n) is 11.4. The summed E-state index contributed by atoms with van der Waals surface area (Å²) in [6.45, 7) is 7.06. The number of carbonyl (C=O) groups excluding carboxylic acids is 1. The lowest BCUT2D eigenvalue weighted by Gasteiger charge is -2.34. The van der Waals surface area contributed by atoms with Gasteiger partial charge < -0.3 is 20.4 Å². The number of hydrogen-bond donors (Lipinski definition) is 2. The zero-order valence-electron chi connectivity index (χ0n) is 19.0. The molecule has 1 heterocycles. The van der Waals surface area contributed by atoms with Gasteiger partial charge in [0.1, 0.15) is 0 Å². The van der Waals surface area contributed by atoms with Crippen molar-refractivity contribution in [2.45, 2.75) is 19.9 Å². The summed E-state index contributed by atoms with van der Waals surface area (Å²) in [5, 5.41) is 6.53. The van der Waals surface area contributed by atoms with Gasteiger partial charge in [-0.3, -0.25) is 4.79 Å². The van der Waals surface area contributed by atoms with Crippen LogP contribution in [0.15, 0.2) is 72.8 Å². The van der Waals surface area contributed by atoms with E-state index in [1.54, 1.807) is 0 Å². The molecule has 0 spiro atoms. The molecular weight excluding hydrogens is 396 g/mol. The summed E-state index contributed by atoms with van der Waals surface area (Å²) in [4.78, 5) is 17.5.